The highest BCUT2D eigenvalue weighted by Crippen LogP contribution is 2.11. The van der Waals surface area contributed by atoms with E-state index < -0.39 is 35.7 Å². The lowest BCUT2D eigenvalue weighted by Crippen LogP contribution is -2.39. The topological polar surface area (TPSA) is 143 Å². The van der Waals surface area contributed by atoms with Gasteiger partial charge in [-0.2, -0.15) is 5.48 Å². The van der Waals surface area contributed by atoms with Gasteiger partial charge in [0.2, 0.25) is 0 Å². The molecule has 0 aliphatic rings. The van der Waals surface area contributed by atoms with Crippen LogP contribution in [0.2, 0.25) is 0 Å². The third kappa shape index (κ3) is 12.3. The number of nitrogens with two attached hydrogens (primary N) is 2. The molecule has 0 fully saturated rings. The second-order valence-corrected chi connectivity index (χ2v) is 7.19. The molecule has 0 saturated carbocycles. The quantitative estimate of drug-likeness (QED) is 0.313. The van der Waals surface area contributed by atoms with Crippen molar-refractivity contribution in [2.24, 2.45) is 17.4 Å². The van der Waals surface area contributed by atoms with E-state index in [1.54, 1.807) is 20.8 Å². The molecule has 5 N–H and O–H groups in total. The van der Waals surface area contributed by atoms with E-state index >= 15 is 0 Å². The van der Waals surface area contributed by atoms with Crippen LogP contribution in [0, 0.1) is 5.92 Å². The highest BCUT2D eigenvalue weighted by molar-refractivity contribution is 5.87. The summed E-state index contributed by atoms with van der Waals surface area (Å²) in [6.45, 7) is 9.34. The third-order valence-corrected chi connectivity index (χ3v) is 2.81. The number of amides is 1. The third-order valence-electron chi connectivity index (χ3n) is 2.81. The highest BCUT2D eigenvalue weighted by Gasteiger charge is 2.23. The molecule has 0 saturated heterocycles. The first-order valence-corrected chi connectivity index (χ1v) is 8.30. The fraction of sp³-hybridized carbons (Fsp3) is 0.812. The van der Waals surface area contributed by atoms with E-state index in [1.807, 2.05) is 19.3 Å². The Morgan fingerprint density at radius 2 is 1.52 bits per heavy atom. The van der Waals surface area contributed by atoms with Gasteiger partial charge in [-0.1, -0.05) is 13.8 Å². The Morgan fingerprint density at radius 1 is 1.00 bits per heavy atom. The van der Waals surface area contributed by atoms with Crippen molar-refractivity contribution >= 4 is 18.0 Å². The maximum atomic E-state index is 11.7. The number of ether oxygens (including phenoxy) is 2. The first-order chi connectivity index (χ1) is 11.4. The number of carbonyl (C=O) groups is 3. The summed E-state index contributed by atoms with van der Waals surface area (Å²) < 4.78 is 9.66. The van der Waals surface area contributed by atoms with Gasteiger partial charge in [-0.05, 0) is 46.0 Å². The van der Waals surface area contributed by atoms with Crippen LogP contribution in [0.1, 0.15) is 53.9 Å². The van der Waals surface area contributed by atoms with Crippen LogP contribution in [0.25, 0.3) is 0 Å². The summed E-state index contributed by atoms with van der Waals surface area (Å²) in [5.41, 5.74) is 12.8. The zero-order valence-electron chi connectivity index (χ0n) is 15.7. The molecule has 0 aromatic carbocycles. The predicted molar refractivity (Wildman–Crippen MR) is 91.1 cm³/mol. The lowest BCUT2D eigenvalue weighted by Gasteiger charge is -2.22. The van der Waals surface area contributed by atoms with Crippen LogP contribution >= 0.6 is 0 Å². The van der Waals surface area contributed by atoms with E-state index in [2.05, 4.69) is 4.74 Å². The maximum Gasteiger partial charge on any atom is 0.439 e. The summed E-state index contributed by atoms with van der Waals surface area (Å²) in [4.78, 5) is 39.5. The van der Waals surface area contributed by atoms with E-state index in [-0.39, 0.29) is 18.9 Å². The minimum atomic E-state index is -1.02. The summed E-state index contributed by atoms with van der Waals surface area (Å²) in [5, 5.41) is 0. The standard InChI is InChI=1S/C16H31N3O6/c1-10(2)9-23-19-15(22)24-13(20)11(17)7-6-8-12(18)14(21)25-16(3,4)5/h10-12H,6-9,17-18H2,1-5H3,(H,19,22)/t11-,12?/m0/s1. The number of hydrogen-bond acceptors (Lipinski definition) is 8. The van der Waals surface area contributed by atoms with Gasteiger partial charge in [0.1, 0.15) is 17.7 Å². The van der Waals surface area contributed by atoms with Crippen LogP contribution in [0.5, 0.6) is 0 Å². The molecule has 0 spiro atoms. The number of hydroxylamine groups is 1. The lowest BCUT2D eigenvalue weighted by atomic mass is 10.1. The Labute approximate surface area is 148 Å². The second-order valence-electron chi connectivity index (χ2n) is 7.19. The van der Waals surface area contributed by atoms with Crippen molar-refractivity contribution in [2.75, 3.05) is 6.61 Å². The van der Waals surface area contributed by atoms with E-state index in [9.17, 15) is 14.4 Å². The average molecular weight is 361 g/mol. The van der Waals surface area contributed by atoms with Crippen molar-refractivity contribution in [3.05, 3.63) is 0 Å². The number of hydrogen-bond donors (Lipinski definition) is 3. The van der Waals surface area contributed by atoms with Crippen molar-refractivity contribution in [3.8, 4) is 0 Å². The second kappa shape index (κ2) is 11.0. The van der Waals surface area contributed by atoms with Crippen molar-refractivity contribution in [2.45, 2.75) is 71.6 Å². The van der Waals surface area contributed by atoms with Crippen molar-refractivity contribution in [1.82, 2.24) is 5.48 Å². The zero-order valence-corrected chi connectivity index (χ0v) is 15.7. The molecule has 9 nitrogen and oxygen atoms in total. The van der Waals surface area contributed by atoms with Gasteiger partial charge in [-0.3, -0.25) is 9.63 Å². The van der Waals surface area contributed by atoms with Gasteiger partial charge in [0.05, 0.1) is 6.61 Å². The van der Waals surface area contributed by atoms with Crippen LogP contribution in [0.15, 0.2) is 0 Å². The summed E-state index contributed by atoms with van der Waals surface area (Å²) in [6.07, 6.45) is -0.0939. The molecule has 0 aromatic heterocycles. The number of nitrogens with one attached hydrogen (secondary N) is 1. The van der Waals surface area contributed by atoms with Crippen LogP contribution in [0.3, 0.4) is 0 Å². The fourth-order valence-corrected chi connectivity index (χ4v) is 1.63. The van der Waals surface area contributed by atoms with E-state index in [1.165, 1.54) is 0 Å². The molecule has 25 heavy (non-hydrogen) atoms. The molecular formula is C16H31N3O6. The molecule has 9 heteroatoms. The SMILES string of the molecule is CC(C)CONC(=O)OC(=O)[C@@H](N)CCCC(N)C(=O)OC(C)(C)C. The van der Waals surface area contributed by atoms with Gasteiger partial charge in [0.25, 0.3) is 0 Å². The molecule has 0 rings (SSSR count). The lowest BCUT2D eigenvalue weighted by molar-refractivity contribution is -0.156. The van der Waals surface area contributed by atoms with Crippen molar-refractivity contribution in [3.63, 3.8) is 0 Å². The number of carbonyl (C=O) groups excluding carboxylic acids is 3. The van der Waals surface area contributed by atoms with Crippen LogP contribution < -0.4 is 16.9 Å². The van der Waals surface area contributed by atoms with Gasteiger partial charge in [0.15, 0.2) is 0 Å². The minimum Gasteiger partial charge on any atom is -0.459 e. The van der Waals surface area contributed by atoms with Crippen molar-refractivity contribution < 1.29 is 28.7 Å². The van der Waals surface area contributed by atoms with E-state index in [0.717, 1.165) is 0 Å². The fourth-order valence-electron chi connectivity index (χ4n) is 1.63. The molecule has 0 aliphatic heterocycles. The monoisotopic (exact) mass is 361 g/mol. The van der Waals surface area contributed by atoms with Gasteiger partial charge in [0, 0.05) is 0 Å². The first-order valence-electron chi connectivity index (χ1n) is 8.30. The maximum absolute atomic E-state index is 11.7. The largest absolute Gasteiger partial charge is 0.459 e. The van der Waals surface area contributed by atoms with E-state index in [0.29, 0.717) is 12.8 Å². The summed E-state index contributed by atoms with van der Waals surface area (Å²) >= 11 is 0. The Balaban J connectivity index is 4.04. The Hall–Kier alpha value is -1.71. The van der Waals surface area contributed by atoms with Gasteiger partial charge >= 0.3 is 18.0 Å². The van der Waals surface area contributed by atoms with Crippen LogP contribution in [0.4, 0.5) is 4.79 Å². The molecule has 0 heterocycles. The van der Waals surface area contributed by atoms with Gasteiger partial charge in [-0.15, -0.1) is 0 Å². The summed E-state index contributed by atoms with van der Waals surface area (Å²) in [7, 11) is 0. The molecule has 1 amide bonds. The molecule has 0 radical (unpaired) electrons. The predicted octanol–water partition coefficient (Wildman–Crippen LogP) is 0.993. The molecule has 0 bridgehead atoms. The zero-order chi connectivity index (χ0) is 19.6. The molecule has 0 aliphatic carbocycles. The van der Waals surface area contributed by atoms with Crippen molar-refractivity contribution in [1.29, 1.82) is 0 Å². The molecular weight excluding hydrogens is 330 g/mol. The summed E-state index contributed by atoms with van der Waals surface area (Å²) in [6, 6.07) is -1.79. The number of esters is 2. The molecule has 1 unspecified atom stereocenters. The first kappa shape index (κ1) is 23.3. The van der Waals surface area contributed by atoms with Gasteiger partial charge in [-0.25, -0.2) is 9.59 Å². The smallest absolute Gasteiger partial charge is 0.439 e. The van der Waals surface area contributed by atoms with Crippen LogP contribution in [-0.2, 0) is 23.9 Å². The highest BCUT2D eigenvalue weighted by atomic mass is 16.7. The van der Waals surface area contributed by atoms with E-state index in [4.69, 9.17) is 21.0 Å². The average Bonchev–Trinajstić information content (AvgIpc) is 2.44. The summed E-state index contributed by atoms with van der Waals surface area (Å²) in [5.74, 6) is -1.17. The Bertz CT molecular complexity index is 448. The molecule has 146 valence electrons. The molecule has 2 atom stereocenters. The Morgan fingerprint density at radius 3 is 2.00 bits per heavy atom. The normalized spacial score (nSPS) is 13.9. The minimum absolute atomic E-state index is 0.215. The number of rotatable bonds is 9. The van der Waals surface area contributed by atoms with Gasteiger partial charge < -0.3 is 20.9 Å². The molecule has 0 aromatic rings. The van der Waals surface area contributed by atoms with Crippen LogP contribution in [-0.4, -0.2) is 42.3 Å². The Kier molecular flexibility index (Phi) is 10.3.